The number of nitrogens with two attached hydrogens (primary N) is 1. The Morgan fingerprint density at radius 1 is 1.50 bits per heavy atom. The van der Waals surface area contributed by atoms with Gasteiger partial charge in [0.2, 0.25) is 5.91 Å². The highest BCUT2D eigenvalue weighted by Gasteiger charge is 2.28. The second kappa shape index (κ2) is 4.95. The standard InChI is InChI=1S/C12H13NO5/c13-11(14)3-4-17-8-2-1-7-5-10(12(15)16)18-9(7)6-8/h1-2,6,10H,3-5H2,(H2,13,14)(H,15,16). The number of carboxylic acid groups (broad SMARTS) is 1. The first-order valence-corrected chi connectivity index (χ1v) is 5.50. The molecule has 0 aliphatic carbocycles. The smallest absolute Gasteiger partial charge is 0.345 e. The van der Waals surface area contributed by atoms with Crippen molar-refractivity contribution >= 4 is 11.9 Å². The molecule has 2 rings (SSSR count). The monoisotopic (exact) mass is 251 g/mol. The van der Waals surface area contributed by atoms with Crippen molar-refractivity contribution in [3.05, 3.63) is 23.8 Å². The van der Waals surface area contributed by atoms with Crippen LogP contribution < -0.4 is 15.2 Å². The molecule has 96 valence electrons. The summed E-state index contributed by atoms with van der Waals surface area (Å²) in [6.07, 6.45) is -0.345. The third kappa shape index (κ3) is 2.71. The summed E-state index contributed by atoms with van der Waals surface area (Å²) >= 11 is 0. The molecule has 1 aliphatic rings. The first-order chi connectivity index (χ1) is 8.56. The van der Waals surface area contributed by atoms with Crippen LogP contribution in [-0.4, -0.2) is 29.7 Å². The molecule has 0 aromatic heterocycles. The second-order valence-corrected chi connectivity index (χ2v) is 3.98. The van der Waals surface area contributed by atoms with Gasteiger partial charge < -0.3 is 20.3 Å². The van der Waals surface area contributed by atoms with E-state index in [1.807, 2.05) is 0 Å². The topological polar surface area (TPSA) is 98.9 Å². The predicted molar refractivity (Wildman–Crippen MR) is 61.5 cm³/mol. The van der Waals surface area contributed by atoms with Crippen LogP contribution in [0.2, 0.25) is 0 Å². The molecule has 6 heteroatoms. The van der Waals surface area contributed by atoms with Crippen molar-refractivity contribution in [2.45, 2.75) is 18.9 Å². The number of carbonyl (C=O) groups is 2. The van der Waals surface area contributed by atoms with E-state index in [-0.39, 0.29) is 13.0 Å². The van der Waals surface area contributed by atoms with Crippen LogP contribution in [0.25, 0.3) is 0 Å². The zero-order valence-corrected chi connectivity index (χ0v) is 9.59. The minimum absolute atomic E-state index is 0.135. The van der Waals surface area contributed by atoms with Crippen LogP contribution in [0.3, 0.4) is 0 Å². The molecule has 0 bridgehead atoms. The van der Waals surface area contributed by atoms with Gasteiger partial charge in [-0.1, -0.05) is 6.07 Å². The SMILES string of the molecule is NC(=O)CCOc1ccc2c(c1)OC(C(=O)O)C2. The molecule has 1 heterocycles. The number of fused-ring (bicyclic) bond motifs is 1. The maximum Gasteiger partial charge on any atom is 0.345 e. The van der Waals surface area contributed by atoms with Gasteiger partial charge in [-0.25, -0.2) is 4.79 Å². The van der Waals surface area contributed by atoms with Crippen molar-refractivity contribution < 1.29 is 24.2 Å². The van der Waals surface area contributed by atoms with Crippen molar-refractivity contribution in [1.82, 2.24) is 0 Å². The molecule has 1 aromatic rings. The molecule has 3 N–H and O–H groups in total. The molecule has 1 amide bonds. The van der Waals surface area contributed by atoms with Gasteiger partial charge in [0.25, 0.3) is 0 Å². The van der Waals surface area contributed by atoms with E-state index in [1.54, 1.807) is 18.2 Å². The normalized spacial score (nSPS) is 16.8. The number of carbonyl (C=O) groups excluding carboxylic acids is 1. The average molecular weight is 251 g/mol. The molecular weight excluding hydrogens is 238 g/mol. The Morgan fingerprint density at radius 3 is 2.94 bits per heavy atom. The van der Waals surface area contributed by atoms with Gasteiger partial charge in [0.15, 0.2) is 6.10 Å². The van der Waals surface area contributed by atoms with E-state index in [0.717, 1.165) is 5.56 Å². The fourth-order valence-electron chi connectivity index (χ4n) is 1.70. The van der Waals surface area contributed by atoms with E-state index in [2.05, 4.69) is 0 Å². The van der Waals surface area contributed by atoms with Crippen LogP contribution in [0.1, 0.15) is 12.0 Å². The number of benzene rings is 1. The Hall–Kier alpha value is -2.24. The number of ether oxygens (including phenoxy) is 2. The van der Waals surface area contributed by atoms with Crippen molar-refractivity contribution in [1.29, 1.82) is 0 Å². The number of hydrogen-bond donors (Lipinski definition) is 2. The Kier molecular flexibility index (Phi) is 3.36. The molecule has 1 aromatic carbocycles. The zero-order valence-electron chi connectivity index (χ0n) is 9.59. The van der Waals surface area contributed by atoms with Crippen molar-refractivity contribution in [2.24, 2.45) is 5.73 Å². The van der Waals surface area contributed by atoms with Gasteiger partial charge in [0.05, 0.1) is 13.0 Å². The predicted octanol–water partition coefficient (Wildman–Crippen LogP) is 0.329. The molecule has 1 atom stereocenters. The Bertz CT molecular complexity index is 485. The van der Waals surface area contributed by atoms with Crippen LogP contribution >= 0.6 is 0 Å². The van der Waals surface area contributed by atoms with Crippen LogP contribution in [0, 0.1) is 0 Å². The van der Waals surface area contributed by atoms with Crippen LogP contribution in [0.15, 0.2) is 18.2 Å². The molecule has 6 nitrogen and oxygen atoms in total. The fourth-order valence-corrected chi connectivity index (χ4v) is 1.70. The molecule has 0 spiro atoms. The zero-order chi connectivity index (χ0) is 13.1. The van der Waals surface area contributed by atoms with E-state index in [1.165, 1.54) is 0 Å². The summed E-state index contributed by atoms with van der Waals surface area (Å²) in [5.41, 5.74) is 5.83. The van der Waals surface area contributed by atoms with Gasteiger partial charge in [-0.3, -0.25) is 4.79 Å². The molecule has 0 fully saturated rings. The number of primary amides is 1. The van der Waals surface area contributed by atoms with E-state index in [9.17, 15) is 9.59 Å². The summed E-state index contributed by atoms with van der Waals surface area (Å²) in [5.74, 6) is -0.374. The molecule has 18 heavy (non-hydrogen) atoms. The highest BCUT2D eigenvalue weighted by molar-refractivity contribution is 5.75. The quantitative estimate of drug-likeness (QED) is 0.785. The van der Waals surface area contributed by atoms with Crippen molar-refractivity contribution in [3.8, 4) is 11.5 Å². The fraction of sp³-hybridized carbons (Fsp3) is 0.333. The molecule has 0 saturated heterocycles. The van der Waals surface area contributed by atoms with E-state index in [4.69, 9.17) is 20.3 Å². The van der Waals surface area contributed by atoms with E-state index < -0.39 is 18.0 Å². The largest absolute Gasteiger partial charge is 0.493 e. The minimum atomic E-state index is -0.984. The lowest BCUT2D eigenvalue weighted by Crippen LogP contribution is -2.24. The second-order valence-electron chi connectivity index (χ2n) is 3.98. The highest BCUT2D eigenvalue weighted by atomic mass is 16.5. The Labute approximate surface area is 103 Å². The number of aliphatic carboxylic acids is 1. The number of rotatable bonds is 5. The first-order valence-electron chi connectivity index (χ1n) is 5.50. The lowest BCUT2D eigenvalue weighted by atomic mass is 10.1. The third-order valence-corrected chi connectivity index (χ3v) is 2.61. The van der Waals surface area contributed by atoms with E-state index >= 15 is 0 Å². The molecular formula is C12H13NO5. The molecule has 0 radical (unpaired) electrons. The van der Waals surface area contributed by atoms with Crippen LogP contribution in [0.5, 0.6) is 11.5 Å². The average Bonchev–Trinajstić information content (AvgIpc) is 2.71. The van der Waals surface area contributed by atoms with Gasteiger partial charge in [0, 0.05) is 12.5 Å². The van der Waals surface area contributed by atoms with E-state index in [0.29, 0.717) is 17.9 Å². The maximum atomic E-state index is 10.8. The number of hydrogen-bond acceptors (Lipinski definition) is 4. The summed E-state index contributed by atoms with van der Waals surface area (Å²) in [4.78, 5) is 21.3. The highest BCUT2D eigenvalue weighted by Crippen LogP contribution is 2.32. The summed E-state index contributed by atoms with van der Waals surface area (Å²) in [6.45, 7) is 0.191. The summed E-state index contributed by atoms with van der Waals surface area (Å²) < 4.78 is 10.6. The minimum Gasteiger partial charge on any atom is -0.493 e. The molecule has 1 aliphatic heterocycles. The summed E-state index contributed by atoms with van der Waals surface area (Å²) in [6, 6.07) is 5.10. The van der Waals surface area contributed by atoms with Gasteiger partial charge in [-0.15, -0.1) is 0 Å². The molecule has 0 saturated carbocycles. The molecule has 1 unspecified atom stereocenters. The summed E-state index contributed by atoms with van der Waals surface area (Å²) in [7, 11) is 0. The Balaban J connectivity index is 1.99. The Morgan fingerprint density at radius 2 is 2.28 bits per heavy atom. The van der Waals surface area contributed by atoms with Gasteiger partial charge in [-0.05, 0) is 11.6 Å². The lowest BCUT2D eigenvalue weighted by Gasteiger charge is -2.07. The number of carboxylic acids is 1. The van der Waals surface area contributed by atoms with Crippen molar-refractivity contribution in [2.75, 3.05) is 6.61 Å². The first kappa shape index (κ1) is 12.2. The van der Waals surface area contributed by atoms with Gasteiger partial charge in [0.1, 0.15) is 11.5 Å². The van der Waals surface area contributed by atoms with Crippen LogP contribution in [0.4, 0.5) is 0 Å². The van der Waals surface area contributed by atoms with Gasteiger partial charge >= 0.3 is 5.97 Å². The maximum absolute atomic E-state index is 10.8. The lowest BCUT2D eigenvalue weighted by molar-refractivity contribution is -0.144. The van der Waals surface area contributed by atoms with Gasteiger partial charge in [-0.2, -0.15) is 0 Å². The van der Waals surface area contributed by atoms with Crippen molar-refractivity contribution in [3.63, 3.8) is 0 Å². The number of amides is 1. The van der Waals surface area contributed by atoms with Crippen LogP contribution in [-0.2, 0) is 16.0 Å². The third-order valence-electron chi connectivity index (χ3n) is 2.61. The summed E-state index contributed by atoms with van der Waals surface area (Å²) in [5, 5.41) is 8.85.